The molecule has 1 aliphatic heterocycles. The molecule has 0 aliphatic carbocycles. The van der Waals surface area contributed by atoms with Gasteiger partial charge in [-0.3, -0.25) is 4.79 Å². The molecule has 8 heteroatoms. The summed E-state index contributed by atoms with van der Waals surface area (Å²) in [6.45, 7) is 4.45. The summed E-state index contributed by atoms with van der Waals surface area (Å²) in [5, 5.41) is 6.66. The summed E-state index contributed by atoms with van der Waals surface area (Å²) in [6.07, 6.45) is 0. The molecule has 126 valence electrons. The fourth-order valence-corrected chi connectivity index (χ4v) is 3.31. The molecule has 1 aliphatic rings. The average Bonchev–Trinajstić information content (AvgIpc) is 2.98. The maximum atomic E-state index is 12.5. The molecule has 0 spiro atoms. The number of aromatic nitrogens is 1. The number of rotatable bonds is 2. The third-order valence-corrected chi connectivity index (χ3v) is 4.72. The van der Waals surface area contributed by atoms with Gasteiger partial charge in [0.25, 0.3) is 5.91 Å². The number of carbonyl (C=O) groups is 1. The number of piperazine rings is 1. The predicted octanol–water partition coefficient (Wildman–Crippen LogP) is 3.74. The van der Waals surface area contributed by atoms with Crippen molar-refractivity contribution in [3.05, 3.63) is 40.4 Å². The molecule has 1 aromatic carbocycles. The monoisotopic (exact) mass is 393 g/mol. The van der Waals surface area contributed by atoms with Gasteiger partial charge in [-0.25, -0.2) is 4.98 Å². The zero-order valence-corrected chi connectivity index (χ0v) is 15.7. The van der Waals surface area contributed by atoms with Crippen LogP contribution in [0.2, 0.25) is 5.02 Å². The first-order chi connectivity index (χ1) is 10.1. The SMILES string of the molecule is C[C@@H]1CNCCN1C(=O)c1csc(-c2ccc(Cl)cc2)n1.Cl.Cl. The standard InChI is InChI=1S/C15H16ClN3OS.2ClH/c1-10-8-17-6-7-19(10)15(20)13-9-21-14(18-13)11-2-4-12(16)5-3-11;;/h2-5,9-10,17H,6-8H2,1H3;2*1H/t10-;;/m1../s1. The number of carbonyl (C=O) groups excluding carboxylic acids is 1. The summed E-state index contributed by atoms with van der Waals surface area (Å²) in [5.74, 6) is 0.0143. The highest BCUT2D eigenvalue weighted by Crippen LogP contribution is 2.26. The first-order valence-electron chi connectivity index (χ1n) is 6.88. The summed E-state index contributed by atoms with van der Waals surface area (Å²) in [7, 11) is 0. The van der Waals surface area contributed by atoms with Crippen molar-refractivity contribution < 1.29 is 4.79 Å². The highest BCUT2D eigenvalue weighted by molar-refractivity contribution is 7.13. The number of halogens is 3. The van der Waals surface area contributed by atoms with Gasteiger partial charge in [-0.1, -0.05) is 23.7 Å². The Hall–Kier alpha value is -0.850. The maximum absolute atomic E-state index is 12.5. The van der Waals surface area contributed by atoms with Gasteiger partial charge in [0.05, 0.1) is 0 Å². The number of thiazole rings is 1. The highest BCUT2D eigenvalue weighted by atomic mass is 35.5. The number of hydrogen-bond acceptors (Lipinski definition) is 4. The molecule has 1 amide bonds. The number of benzene rings is 1. The summed E-state index contributed by atoms with van der Waals surface area (Å²) in [5.41, 5.74) is 1.51. The van der Waals surface area contributed by atoms with E-state index in [1.165, 1.54) is 11.3 Å². The van der Waals surface area contributed by atoms with E-state index in [1.807, 2.05) is 34.5 Å². The second kappa shape index (κ2) is 8.85. The van der Waals surface area contributed by atoms with Crippen LogP contribution >= 0.6 is 47.8 Å². The van der Waals surface area contributed by atoms with Crippen LogP contribution in [0.15, 0.2) is 29.6 Å². The molecule has 4 nitrogen and oxygen atoms in total. The van der Waals surface area contributed by atoms with Gasteiger partial charge in [0.15, 0.2) is 0 Å². The predicted molar refractivity (Wildman–Crippen MR) is 100 cm³/mol. The smallest absolute Gasteiger partial charge is 0.273 e. The van der Waals surface area contributed by atoms with E-state index in [4.69, 9.17) is 11.6 Å². The summed E-state index contributed by atoms with van der Waals surface area (Å²) in [6, 6.07) is 7.70. The molecule has 1 atom stereocenters. The molecule has 23 heavy (non-hydrogen) atoms. The number of amides is 1. The van der Waals surface area contributed by atoms with Gasteiger partial charge >= 0.3 is 0 Å². The second-order valence-corrected chi connectivity index (χ2v) is 6.39. The molecule has 3 rings (SSSR count). The van der Waals surface area contributed by atoms with Crippen molar-refractivity contribution in [1.82, 2.24) is 15.2 Å². The Balaban J connectivity index is 0.00000132. The lowest BCUT2D eigenvalue weighted by atomic mass is 10.2. The largest absolute Gasteiger partial charge is 0.332 e. The van der Waals surface area contributed by atoms with Gasteiger partial charge < -0.3 is 10.2 Å². The molecule has 2 aromatic rings. The number of nitrogens with one attached hydrogen (secondary N) is 1. The Morgan fingerprint density at radius 3 is 2.70 bits per heavy atom. The van der Waals surface area contributed by atoms with Crippen LogP contribution in [0, 0.1) is 0 Å². The van der Waals surface area contributed by atoms with Gasteiger partial charge in [-0.05, 0) is 19.1 Å². The quantitative estimate of drug-likeness (QED) is 0.844. The van der Waals surface area contributed by atoms with Crippen LogP contribution in [0.4, 0.5) is 0 Å². The molecule has 0 bridgehead atoms. The average molecular weight is 395 g/mol. The minimum atomic E-state index is 0. The maximum Gasteiger partial charge on any atom is 0.273 e. The molecular weight excluding hydrogens is 377 g/mol. The molecule has 1 aromatic heterocycles. The van der Waals surface area contributed by atoms with Crippen molar-refractivity contribution in [2.75, 3.05) is 19.6 Å². The normalized spacial score (nSPS) is 17.1. The number of nitrogens with zero attached hydrogens (tertiary/aromatic N) is 2. The highest BCUT2D eigenvalue weighted by Gasteiger charge is 2.25. The second-order valence-electron chi connectivity index (χ2n) is 5.10. The fourth-order valence-electron chi connectivity index (χ4n) is 2.39. The van der Waals surface area contributed by atoms with E-state index >= 15 is 0 Å². The molecule has 0 saturated carbocycles. The van der Waals surface area contributed by atoms with Gasteiger partial charge in [0.2, 0.25) is 0 Å². The minimum absolute atomic E-state index is 0. The van der Waals surface area contributed by atoms with E-state index in [9.17, 15) is 4.79 Å². The van der Waals surface area contributed by atoms with E-state index in [0.29, 0.717) is 10.7 Å². The van der Waals surface area contributed by atoms with Crippen molar-refractivity contribution in [2.45, 2.75) is 13.0 Å². The van der Waals surface area contributed by atoms with Crippen LogP contribution in [0.25, 0.3) is 10.6 Å². The zero-order chi connectivity index (χ0) is 14.8. The van der Waals surface area contributed by atoms with Crippen molar-refractivity contribution >= 4 is 53.7 Å². The van der Waals surface area contributed by atoms with Crippen LogP contribution in [-0.4, -0.2) is 41.5 Å². The van der Waals surface area contributed by atoms with E-state index in [1.54, 1.807) is 0 Å². The lowest BCUT2D eigenvalue weighted by Crippen LogP contribution is -2.52. The Labute approximate surface area is 157 Å². The van der Waals surface area contributed by atoms with E-state index in [2.05, 4.69) is 17.2 Å². The van der Waals surface area contributed by atoms with Crippen molar-refractivity contribution in [2.24, 2.45) is 0 Å². The van der Waals surface area contributed by atoms with E-state index in [0.717, 1.165) is 30.2 Å². The molecule has 1 N–H and O–H groups in total. The van der Waals surface area contributed by atoms with Gasteiger partial charge in [-0.15, -0.1) is 36.2 Å². The summed E-state index contributed by atoms with van der Waals surface area (Å²) < 4.78 is 0. The van der Waals surface area contributed by atoms with Gasteiger partial charge in [0.1, 0.15) is 10.7 Å². The molecule has 1 saturated heterocycles. The van der Waals surface area contributed by atoms with Crippen LogP contribution in [-0.2, 0) is 0 Å². The third kappa shape index (κ3) is 4.58. The first kappa shape index (κ1) is 20.2. The molecule has 0 unspecified atom stereocenters. The molecule has 0 radical (unpaired) electrons. The van der Waals surface area contributed by atoms with Crippen molar-refractivity contribution in [3.63, 3.8) is 0 Å². The molecule has 2 heterocycles. The van der Waals surface area contributed by atoms with E-state index in [-0.39, 0.29) is 36.8 Å². The fraction of sp³-hybridized carbons (Fsp3) is 0.333. The van der Waals surface area contributed by atoms with Crippen LogP contribution < -0.4 is 5.32 Å². The topological polar surface area (TPSA) is 45.2 Å². The van der Waals surface area contributed by atoms with Crippen LogP contribution in [0.1, 0.15) is 17.4 Å². The lowest BCUT2D eigenvalue weighted by molar-refractivity contribution is 0.0650. The zero-order valence-electron chi connectivity index (χ0n) is 12.5. The van der Waals surface area contributed by atoms with E-state index < -0.39 is 0 Å². The molecular formula is C15H18Cl3N3OS. The third-order valence-electron chi connectivity index (χ3n) is 3.58. The molecule has 1 fully saturated rings. The lowest BCUT2D eigenvalue weighted by Gasteiger charge is -2.33. The Morgan fingerprint density at radius 1 is 1.35 bits per heavy atom. The summed E-state index contributed by atoms with van der Waals surface area (Å²) >= 11 is 7.37. The number of hydrogen-bond donors (Lipinski definition) is 1. The Kier molecular flexibility index (Phi) is 7.77. The Bertz CT molecular complexity index is 648. The summed E-state index contributed by atoms with van der Waals surface area (Å²) in [4.78, 5) is 18.9. The van der Waals surface area contributed by atoms with Gasteiger partial charge in [-0.2, -0.15) is 0 Å². The first-order valence-corrected chi connectivity index (χ1v) is 8.14. The van der Waals surface area contributed by atoms with Gasteiger partial charge in [0, 0.05) is 41.6 Å². The van der Waals surface area contributed by atoms with Crippen molar-refractivity contribution in [1.29, 1.82) is 0 Å². The van der Waals surface area contributed by atoms with Crippen LogP contribution in [0.5, 0.6) is 0 Å². The Morgan fingerprint density at radius 2 is 2.04 bits per heavy atom. The minimum Gasteiger partial charge on any atom is -0.332 e. The van der Waals surface area contributed by atoms with Crippen molar-refractivity contribution in [3.8, 4) is 10.6 Å². The van der Waals surface area contributed by atoms with Crippen LogP contribution in [0.3, 0.4) is 0 Å².